The van der Waals surface area contributed by atoms with Crippen molar-refractivity contribution in [3.63, 3.8) is 0 Å². The Morgan fingerprint density at radius 1 is 1.38 bits per heavy atom. The maximum absolute atomic E-state index is 10.2. The summed E-state index contributed by atoms with van der Waals surface area (Å²) in [7, 11) is 0. The number of para-hydroxylation sites is 1. The van der Waals surface area contributed by atoms with Gasteiger partial charge >= 0.3 is 0 Å². The molecule has 1 aromatic rings. The molecular weight excluding hydrogens is 264 g/mol. The molecule has 1 saturated carbocycles. The minimum atomic E-state index is -0.571. The molecular formula is C17H24N2O2. The third-order valence-electron chi connectivity index (χ3n) is 4.08. The Hall–Kier alpha value is -1.57. The molecule has 1 aliphatic rings. The fraction of sp³-hybridized carbons (Fsp3) is 0.588. The quantitative estimate of drug-likeness (QED) is 0.783. The van der Waals surface area contributed by atoms with Crippen molar-refractivity contribution in [1.29, 1.82) is 5.26 Å². The van der Waals surface area contributed by atoms with Crippen LogP contribution in [-0.2, 0) is 0 Å². The highest BCUT2D eigenvalue weighted by molar-refractivity contribution is 5.31. The average molecular weight is 288 g/mol. The van der Waals surface area contributed by atoms with Crippen molar-refractivity contribution in [3.05, 3.63) is 29.8 Å². The standard InChI is InChI=1S/C17H24N2O2/c1-14-6-2-5-9-17(14)21-13-16(20)12-19(11-10-18)15-7-3-4-8-15/h2,5-6,9,15-16,20H,3-4,7-8,11-13H2,1H3. The summed E-state index contributed by atoms with van der Waals surface area (Å²) in [5.74, 6) is 0.809. The molecule has 1 unspecified atom stereocenters. The number of aryl methyl sites for hydroxylation is 1. The molecule has 1 N–H and O–H groups in total. The zero-order chi connectivity index (χ0) is 15.1. The van der Waals surface area contributed by atoms with E-state index in [4.69, 9.17) is 10.00 Å². The predicted molar refractivity (Wildman–Crippen MR) is 82.1 cm³/mol. The highest BCUT2D eigenvalue weighted by atomic mass is 16.5. The summed E-state index contributed by atoms with van der Waals surface area (Å²) in [6.07, 6.45) is 4.14. The van der Waals surface area contributed by atoms with Crippen molar-refractivity contribution in [2.24, 2.45) is 0 Å². The zero-order valence-electron chi connectivity index (χ0n) is 12.7. The van der Waals surface area contributed by atoms with Gasteiger partial charge in [0.15, 0.2) is 0 Å². The van der Waals surface area contributed by atoms with E-state index in [9.17, 15) is 5.11 Å². The lowest BCUT2D eigenvalue weighted by atomic mass is 10.2. The lowest BCUT2D eigenvalue weighted by Gasteiger charge is -2.28. The fourth-order valence-corrected chi connectivity index (χ4v) is 2.93. The van der Waals surface area contributed by atoms with Crippen molar-refractivity contribution in [2.45, 2.75) is 44.8 Å². The van der Waals surface area contributed by atoms with Gasteiger partial charge in [-0.3, -0.25) is 4.90 Å². The normalized spacial score (nSPS) is 16.9. The molecule has 1 aliphatic carbocycles. The highest BCUT2D eigenvalue weighted by Gasteiger charge is 2.24. The van der Waals surface area contributed by atoms with Crippen LogP contribution < -0.4 is 4.74 Å². The Bertz CT molecular complexity index is 478. The molecule has 0 aliphatic heterocycles. The van der Waals surface area contributed by atoms with Gasteiger partial charge in [0.1, 0.15) is 18.5 Å². The van der Waals surface area contributed by atoms with Crippen molar-refractivity contribution < 1.29 is 9.84 Å². The summed E-state index contributed by atoms with van der Waals surface area (Å²) in [5.41, 5.74) is 1.06. The molecule has 2 rings (SSSR count). The molecule has 0 aromatic heterocycles. The summed E-state index contributed by atoms with van der Waals surface area (Å²) in [6.45, 7) is 3.14. The van der Waals surface area contributed by atoms with Crippen LogP contribution in [0.4, 0.5) is 0 Å². The average Bonchev–Trinajstić information content (AvgIpc) is 3.00. The molecule has 114 valence electrons. The third kappa shape index (κ3) is 4.73. The van der Waals surface area contributed by atoms with E-state index in [0.717, 1.165) is 24.2 Å². The molecule has 21 heavy (non-hydrogen) atoms. The summed E-state index contributed by atoms with van der Waals surface area (Å²) in [4.78, 5) is 2.10. The number of rotatable bonds is 7. The molecule has 4 heteroatoms. The Morgan fingerprint density at radius 2 is 2.10 bits per heavy atom. The van der Waals surface area contributed by atoms with E-state index in [1.54, 1.807) is 0 Å². The van der Waals surface area contributed by atoms with Gasteiger partial charge in [0, 0.05) is 12.6 Å². The maximum Gasteiger partial charge on any atom is 0.122 e. The first-order chi connectivity index (χ1) is 10.2. The van der Waals surface area contributed by atoms with E-state index < -0.39 is 6.10 Å². The van der Waals surface area contributed by atoms with Crippen LogP contribution in [0.2, 0.25) is 0 Å². The highest BCUT2D eigenvalue weighted by Crippen LogP contribution is 2.23. The molecule has 1 atom stereocenters. The second-order valence-electron chi connectivity index (χ2n) is 5.76. The minimum Gasteiger partial charge on any atom is -0.491 e. The largest absolute Gasteiger partial charge is 0.491 e. The van der Waals surface area contributed by atoms with Crippen LogP contribution in [0.5, 0.6) is 5.75 Å². The number of hydrogen-bond acceptors (Lipinski definition) is 4. The van der Waals surface area contributed by atoms with Gasteiger partial charge in [-0.25, -0.2) is 0 Å². The Labute approximate surface area is 127 Å². The van der Waals surface area contributed by atoms with Gasteiger partial charge in [-0.2, -0.15) is 5.26 Å². The first-order valence-corrected chi connectivity index (χ1v) is 7.68. The van der Waals surface area contributed by atoms with E-state index in [2.05, 4.69) is 11.0 Å². The van der Waals surface area contributed by atoms with Crippen LogP contribution in [-0.4, -0.2) is 41.8 Å². The lowest BCUT2D eigenvalue weighted by Crippen LogP contribution is -2.41. The van der Waals surface area contributed by atoms with Gasteiger partial charge < -0.3 is 9.84 Å². The molecule has 0 heterocycles. The zero-order valence-corrected chi connectivity index (χ0v) is 12.7. The first kappa shape index (κ1) is 15.8. The predicted octanol–water partition coefficient (Wildman–Crippen LogP) is 2.50. The number of aliphatic hydroxyl groups is 1. The van der Waals surface area contributed by atoms with Gasteiger partial charge in [0.2, 0.25) is 0 Å². The number of nitriles is 1. The molecule has 0 spiro atoms. The van der Waals surface area contributed by atoms with Crippen LogP contribution in [0.1, 0.15) is 31.2 Å². The van der Waals surface area contributed by atoms with E-state index in [1.165, 1.54) is 12.8 Å². The van der Waals surface area contributed by atoms with Crippen LogP contribution in [0, 0.1) is 18.3 Å². The number of aliphatic hydroxyl groups excluding tert-OH is 1. The topological polar surface area (TPSA) is 56.5 Å². The number of nitrogens with zero attached hydrogens (tertiary/aromatic N) is 2. The van der Waals surface area contributed by atoms with Gasteiger partial charge in [-0.05, 0) is 31.4 Å². The van der Waals surface area contributed by atoms with Crippen LogP contribution in [0.15, 0.2) is 24.3 Å². The van der Waals surface area contributed by atoms with E-state index in [0.29, 0.717) is 19.1 Å². The fourth-order valence-electron chi connectivity index (χ4n) is 2.93. The third-order valence-corrected chi connectivity index (χ3v) is 4.08. The molecule has 0 saturated heterocycles. The summed E-state index contributed by atoms with van der Waals surface area (Å²) >= 11 is 0. The van der Waals surface area contributed by atoms with Crippen LogP contribution >= 0.6 is 0 Å². The summed E-state index contributed by atoms with van der Waals surface area (Å²) in [5, 5.41) is 19.1. The maximum atomic E-state index is 10.2. The minimum absolute atomic E-state index is 0.263. The second-order valence-corrected chi connectivity index (χ2v) is 5.76. The smallest absolute Gasteiger partial charge is 0.122 e. The molecule has 1 aromatic carbocycles. The van der Waals surface area contributed by atoms with E-state index in [1.807, 2.05) is 31.2 Å². The van der Waals surface area contributed by atoms with Crippen LogP contribution in [0.3, 0.4) is 0 Å². The van der Waals surface area contributed by atoms with Crippen molar-refractivity contribution >= 4 is 0 Å². The Balaban J connectivity index is 1.83. The van der Waals surface area contributed by atoms with E-state index in [-0.39, 0.29) is 6.61 Å². The Kier molecular flexibility index (Phi) is 6.04. The van der Waals surface area contributed by atoms with Crippen molar-refractivity contribution in [1.82, 2.24) is 4.90 Å². The van der Waals surface area contributed by atoms with Gasteiger partial charge in [-0.1, -0.05) is 31.0 Å². The molecule has 0 bridgehead atoms. The van der Waals surface area contributed by atoms with Crippen molar-refractivity contribution in [3.8, 4) is 11.8 Å². The molecule has 1 fully saturated rings. The van der Waals surface area contributed by atoms with Crippen molar-refractivity contribution in [2.75, 3.05) is 19.7 Å². The molecule has 0 amide bonds. The molecule has 0 radical (unpaired) electrons. The monoisotopic (exact) mass is 288 g/mol. The van der Waals surface area contributed by atoms with Crippen LogP contribution in [0.25, 0.3) is 0 Å². The number of hydrogen-bond donors (Lipinski definition) is 1. The second kappa shape index (κ2) is 8.02. The lowest BCUT2D eigenvalue weighted by molar-refractivity contribution is 0.0582. The van der Waals surface area contributed by atoms with Gasteiger partial charge in [0.25, 0.3) is 0 Å². The SMILES string of the molecule is Cc1ccccc1OCC(O)CN(CC#N)C1CCCC1. The molecule has 4 nitrogen and oxygen atoms in total. The number of ether oxygens (including phenoxy) is 1. The Morgan fingerprint density at radius 3 is 2.76 bits per heavy atom. The van der Waals surface area contributed by atoms with E-state index >= 15 is 0 Å². The van der Waals surface area contributed by atoms with Gasteiger partial charge in [-0.15, -0.1) is 0 Å². The summed E-state index contributed by atoms with van der Waals surface area (Å²) in [6, 6.07) is 10.4. The first-order valence-electron chi connectivity index (χ1n) is 7.68. The van der Waals surface area contributed by atoms with Gasteiger partial charge in [0.05, 0.1) is 12.6 Å². The summed E-state index contributed by atoms with van der Waals surface area (Å²) < 4.78 is 5.68. The number of benzene rings is 1.